The van der Waals surface area contributed by atoms with E-state index in [1.54, 1.807) is 29.2 Å². The second-order valence-corrected chi connectivity index (χ2v) is 9.10. The average Bonchev–Trinajstić information content (AvgIpc) is 3.33. The SMILES string of the molecule is C=CCOc1ccc(C2c3c(oc4cc(OC)ccc4c3=O)C(=O)N2c2nc(C)c(C)s2)cc1. The maximum Gasteiger partial charge on any atom is 0.297 e. The van der Waals surface area contributed by atoms with Crippen LogP contribution in [0.3, 0.4) is 0 Å². The van der Waals surface area contributed by atoms with Crippen LogP contribution in [-0.4, -0.2) is 24.6 Å². The lowest BCUT2D eigenvalue weighted by Crippen LogP contribution is -2.29. The fraction of sp³-hybridized carbons (Fsp3) is 0.192. The molecule has 2 aromatic heterocycles. The van der Waals surface area contributed by atoms with Gasteiger partial charge in [-0.3, -0.25) is 14.5 Å². The third-order valence-electron chi connectivity index (χ3n) is 5.87. The summed E-state index contributed by atoms with van der Waals surface area (Å²) in [6.07, 6.45) is 1.67. The van der Waals surface area contributed by atoms with Crippen LogP contribution >= 0.6 is 11.3 Å². The molecule has 1 atom stereocenters. The van der Waals surface area contributed by atoms with Gasteiger partial charge in [0, 0.05) is 10.9 Å². The molecule has 5 rings (SSSR count). The lowest BCUT2D eigenvalue weighted by molar-refractivity contribution is 0.0971. The zero-order valence-corrected chi connectivity index (χ0v) is 19.8. The van der Waals surface area contributed by atoms with Crippen LogP contribution in [0.4, 0.5) is 5.13 Å². The van der Waals surface area contributed by atoms with E-state index >= 15 is 0 Å². The summed E-state index contributed by atoms with van der Waals surface area (Å²) in [5.74, 6) is 0.824. The summed E-state index contributed by atoms with van der Waals surface area (Å²) in [4.78, 5) is 34.5. The molecule has 1 aliphatic rings. The molecule has 0 fully saturated rings. The first kappa shape index (κ1) is 21.9. The van der Waals surface area contributed by atoms with Crippen LogP contribution in [0, 0.1) is 13.8 Å². The van der Waals surface area contributed by atoms with Gasteiger partial charge in [-0.1, -0.05) is 24.8 Å². The molecule has 0 aliphatic carbocycles. The Kier molecular flexibility index (Phi) is 5.45. The van der Waals surface area contributed by atoms with Gasteiger partial charge in [0.2, 0.25) is 5.76 Å². The van der Waals surface area contributed by atoms with Gasteiger partial charge in [-0.2, -0.15) is 0 Å². The highest BCUT2D eigenvalue weighted by atomic mass is 32.1. The van der Waals surface area contributed by atoms with Crippen LogP contribution < -0.4 is 19.8 Å². The summed E-state index contributed by atoms with van der Waals surface area (Å²) in [5, 5.41) is 0.904. The van der Waals surface area contributed by atoms with E-state index in [1.165, 1.54) is 18.4 Å². The summed E-state index contributed by atoms with van der Waals surface area (Å²) >= 11 is 1.41. The molecule has 2 aromatic carbocycles. The number of amides is 1. The van der Waals surface area contributed by atoms with E-state index in [-0.39, 0.29) is 11.2 Å². The van der Waals surface area contributed by atoms with Gasteiger partial charge in [0.25, 0.3) is 5.91 Å². The number of ether oxygens (including phenoxy) is 2. The van der Waals surface area contributed by atoms with Gasteiger partial charge in [0.15, 0.2) is 10.6 Å². The third kappa shape index (κ3) is 3.47. The molecular weight excluding hydrogens is 452 g/mol. The minimum Gasteiger partial charge on any atom is -0.497 e. The lowest BCUT2D eigenvalue weighted by Gasteiger charge is -2.22. The van der Waals surface area contributed by atoms with Crippen molar-refractivity contribution >= 4 is 33.3 Å². The van der Waals surface area contributed by atoms with Crippen molar-refractivity contribution in [2.24, 2.45) is 0 Å². The number of rotatable bonds is 6. The number of fused-ring (bicyclic) bond motifs is 2. The zero-order valence-electron chi connectivity index (χ0n) is 19.0. The molecule has 172 valence electrons. The molecule has 8 heteroatoms. The predicted molar refractivity (Wildman–Crippen MR) is 131 cm³/mol. The first-order valence-corrected chi connectivity index (χ1v) is 11.5. The van der Waals surface area contributed by atoms with E-state index in [0.717, 1.165) is 16.1 Å². The molecule has 7 nitrogen and oxygen atoms in total. The molecule has 0 spiro atoms. The number of nitrogens with zero attached hydrogens (tertiary/aromatic N) is 2. The number of benzene rings is 2. The normalized spacial score (nSPS) is 15.0. The molecule has 1 aliphatic heterocycles. The maximum atomic E-state index is 13.7. The number of aryl methyl sites for hydroxylation is 2. The molecule has 34 heavy (non-hydrogen) atoms. The molecule has 1 unspecified atom stereocenters. The Balaban J connectivity index is 1.72. The molecule has 0 bridgehead atoms. The monoisotopic (exact) mass is 474 g/mol. The second kappa shape index (κ2) is 8.46. The Hall–Kier alpha value is -3.91. The van der Waals surface area contributed by atoms with Crippen LogP contribution in [0.5, 0.6) is 11.5 Å². The molecule has 0 N–H and O–H groups in total. The summed E-state index contributed by atoms with van der Waals surface area (Å²) in [5.41, 5.74) is 1.94. The average molecular weight is 475 g/mol. The summed E-state index contributed by atoms with van der Waals surface area (Å²) in [6, 6.07) is 11.6. The number of thiazole rings is 1. The van der Waals surface area contributed by atoms with E-state index in [4.69, 9.17) is 13.9 Å². The fourth-order valence-electron chi connectivity index (χ4n) is 4.05. The number of anilines is 1. The third-order valence-corrected chi connectivity index (χ3v) is 6.94. The number of hydrogen-bond acceptors (Lipinski definition) is 7. The number of methoxy groups -OCH3 is 1. The van der Waals surface area contributed by atoms with Crippen molar-refractivity contribution in [3.05, 3.63) is 92.8 Å². The summed E-state index contributed by atoms with van der Waals surface area (Å²) < 4.78 is 16.9. The lowest BCUT2D eigenvalue weighted by atomic mass is 9.98. The van der Waals surface area contributed by atoms with E-state index in [0.29, 0.717) is 39.8 Å². The van der Waals surface area contributed by atoms with E-state index in [1.807, 2.05) is 38.1 Å². The van der Waals surface area contributed by atoms with Gasteiger partial charge >= 0.3 is 0 Å². The van der Waals surface area contributed by atoms with Crippen LogP contribution in [0.2, 0.25) is 0 Å². The Morgan fingerprint density at radius 1 is 1.15 bits per heavy atom. The van der Waals surface area contributed by atoms with E-state index < -0.39 is 11.9 Å². The molecule has 1 amide bonds. The van der Waals surface area contributed by atoms with Crippen molar-refractivity contribution in [1.29, 1.82) is 0 Å². The predicted octanol–water partition coefficient (Wildman–Crippen LogP) is 5.19. The highest BCUT2D eigenvalue weighted by molar-refractivity contribution is 7.15. The van der Waals surface area contributed by atoms with Crippen LogP contribution in [-0.2, 0) is 0 Å². The minimum atomic E-state index is -0.677. The van der Waals surface area contributed by atoms with Gasteiger partial charge in [-0.05, 0) is 43.7 Å². The van der Waals surface area contributed by atoms with Crippen molar-refractivity contribution in [2.45, 2.75) is 19.9 Å². The van der Waals surface area contributed by atoms with Gasteiger partial charge < -0.3 is 13.9 Å². The van der Waals surface area contributed by atoms with Crippen LogP contribution in [0.25, 0.3) is 11.0 Å². The highest BCUT2D eigenvalue weighted by Gasteiger charge is 2.45. The molecule has 0 saturated carbocycles. The van der Waals surface area contributed by atoms with E-state index in [2.05, 4.69) is 11.6 Å². The fourth-order valence-corrected chi connectivity index (χ4v) is 4.99. The molecule has 0 saturated heterocycles. The number of carbonyl (C=O) groups is 1. The highest BCUT2D eigenvalue weighted by Crippen LogP contribution is 2.43. The number of aromatic nitrogens is 1. The van der Waals surface area contributed by atoms with Gasteiger partial charge in [-0.25, -0.2) is 4.98 Å². The Labute approximate surface area is 199 Å². The standard InChI is InChI=1S/C26H22N2O5S/c1-5-12-32-17-8-6-16(7-9-17)22-21-23(29)19-11-10-18(31-4)13-20(19)33-24(21)25(30)28(22)26-27-14(2)15(3)34-26/h5-11,13,22H,1,12H2,2-4H3. The topological polar surface area (TPSA) is 81.9 Å². The molecular formula is C26H22N2O5S. The first-order valence-electron chi connectivity index (χ1n) is 10.7. The quantitative estimate of drug-likeness (QED) is 0.358. The van der Waals surface area contributed by atoms with Gasteiger partial charge in [-0.15, -0.1) is 11.3 Å². The maximum absolute atomic E-state index is 13.7. The minimum absolute atomic E-state index is 0.0215. The Morgan fingerprint density at radius 3 is 2.53 bits per heavy atom. The summed E-state index contributed by atoms with van der Waals surface area (Å²) in [7, 11) is 1.53. The smallest absolute Gasteiger partial charge is 0.297 e. The van der Waals surface area contributed by atoms with Crippen LogP contribution in [0.15, 0.2) is 64.3 Å². The summed E-state index contributed by atoms with van der Waals surface area (Å²) in [6.45, 7) is 7.89. The van der Waals surface area contributed by atoms with Crippen molar-refractivity contribution in [2.75, 3.05) is 18.6 Å². The second-order valence-electron chi connectivity index (χ2n) is 7.92. The molecule has 4 aromatic rings. The van der Waals surface area contributed by atoms with Crippen molar-refractivity contribution < 1.29 is 18.7 Å². The first-order chi connectivity index (χ1) is 16.4. The van der Waals surface area contributed by atoms with Crippen LogP contribution in [0.1, 0.15) is 38.3 Å². The van der Waals surface area contributed by atoms with Gasteiger partial charge in [0.05, 0.1) is 29.8 Å². The van der Waals surface area contributed by atoms with Crippen molar-refractivity contribution in [3.8, 4) is 11.5 Å². The largest absolute Gasteiger partial charge is 0.497 e. The Bertz CT molecular complexity index is 1470. The van der Waals surface area contributed by atoms with E-state index in [9.17, 15) is 9.59 Å². The molecule has 0 radical (unpaired) electrons. The number of hydrogen-bond donors (Lipinski definition) is 0. The Morgan fingerprint density at radius 2 is 1.88 bits per heavy atom. The van der Waals surface area contributed by atoms with Crippen molar-refractivity contribution in [1.82, 2.24) is 4.98 Å². The van der Waals surface area contributed by atoms with Gasteiger partial charge in [0.1, 0.15) is 23.7 Å². The van der Waals surface area contributed by atoms with Crippen molar-refractivity contribution in [3.63, 3.8) is 0 Å². The zero-order chi connectivity index (χ0) is 24.0. The number of carbonyl (C=O) groups excluding carboxylic acids is 1. The molecule has 3 heterocycles.